The number of hydrogen-bond acceptors (Lipinski definition) is 4. The van der Waals surface area contributed by atoms with Crippen LogP contribution in [0.4, 0.5) is 18.9 Å². The fourth-order valence-corrected chi connectivity index (χ4v) is 1.82. The molecule has 1 heterocycles. The zero-order valence-electron chi connectivity index (χ0n) is 9.51. The van der Waals surface area contributed by atoms with Gasteiger partial charge in [0.25, 0.3) is 5.69 Å². The van der Waals surface area contributed by atoms with Crippen molar-refractivity contribution in [1.82, 2.24) is 4.98 Å². The Bertz CT molecular complexity index is 727. The number of hydrogen-bond donors (Lipinski definition) is 1. The quantitative estimate of drug-likeness (QED) is 0.676. The van der Waals surface area contributed by atoms with Gasteiger partial charge in [-0.25, -0.2) is 9.78 Å². The van der Waals surface area contributed by atoms with Gasteiger partial charge >= 0.3 is 12.1 Å². The first-order valence-corrected chi connectivity index (χ1v) is 5.10. The number of nitro groups is 1. The Morgan fingerprint density at radius 3 is 2.50 bits per heavy atom. The van der Waals surface area contributed by atoms with Crippen LogP contribution in [0.15, 0.2) is 24.4 Å². The summed E-state index contributed by atoms with van der Waals surface area (Å²) in [5, 5.41) is 18.9. The second-order valence-corrected chi connectivity index (χ2v) is 3.78. The fourth-order valence-electron chi connectivity index (χ4n) is 1.82. The van der Waals surface area contributed by atoms with Gasteiger partial charge in [0.1, 0.15) is 5.52 Å². The van der Waals surface area contributed by atoms with E-state index in [1.807, 2.05) is 0 Å². The average Bonchev–Trinajstić information content (AvgIpc) is 2.34. The van der Waals surface area contributed by atoms with Gasteiger partial charge in [-0.15, -0.1) is 0 Å². The van der Waals surface area contributed by atoms with E-state index in [1.165, 1.54) is 0 Å². The molecule has 0 aliphatic heterocycles. The van der Waals surface area contributed by atoms with Crippen LogP contribution in [0.25, 0.3) is 10.9 Å². The Balaban J connectivity index is 2.97. The number of carboxylic acids is 1. The lowest BCUT2D eigenvalue weighted by Gasteiger charge is -2.12. The number of alkyl halides is 3. The van der Waals surface area contributed by atoms with Crippen molar-refractivity contribution in [2.75, 3.05) is 0 Å². The standard InChI is InChI=1S/C11H5F3N2O4/c12-11(13,14)8-5-2-1-3-7(16(19)20)9(5)15-4-6(8)10(17)18/h1-4H,(H,17,18). The number of para-hydroxylation sites is 1. The predicted octanol–water partition coefficient (Wildman–Crippen LogP) is 2.86. The monoisotopic (exact) mass is 286 g/mol. The molecular weight excluding hydrogens is 281 g/mol. The molecule has 0 amide bonds. The van der Waals surface area contributed by atoms with Gasteiger partial charge < -0.3 is 5.11 Å². The van der Waals surface area contributed by atoms with Gasteiger partial charge in [0, 0.05) is 17.6 Å². The highest BCUT2D eigenvalue weighted by Crippen LogP contribution is 2.38. The maximum absolute atomic E-state index is 13.0. The largest absolute Gasteiger partial charge is 0.478 e. The summed E-state index contributed by atoms with van der Waals surface area (Å²) in [6.07, 6.45) is -4.50. The number of aromatic nitrogens is 1. The number of carbonyl (C=O) groups is 1. The van der Waals surface area contributed by atoms with E-state index in [0.29, 0.717) is 6.20 Å². The molecule has 0 bridgehead atoms. The van der Waals surface area contributed by atoms with Crippen molar-refractivity contribution in [2.24, 2.45) is 0 Å². The zero-order valence-corrected chi connectivity index (χ0v) is 9.51. The first-order valence-electron chi connectivity index (χ1n) is 5.10. The minimum Gasteiger partial charge on any atom is -0.478 e. The van der Waals surface area contributed by atoms with Crippen LogP contribution in [0.5, 0.6) is 0 Å². The minimum atomic E-state index is -4.97. The Kier molecular flexibility index (Phi) is 3.04. The van der Waals surface area contributed by atoms with E-state index < -0.39 is 44.8 Å². The van der Waals surface area contributed by atoms with Crippen LogP contribution in [-0.2, 0) is 6.18 Å². The van der Waals surface area contributed by atoms with E-state index >= 15 is 0 Å². The molecule has 2 aromatic rings. The zero-order chi connectivity index (χ0) is 15.1. The highest BCUT2D eigenvalue weighted by Gasteiger charge is 2.38. The third-order valence-electron chi connectivity index (χ3n) is 2.59. The molecule has 0 unspecified atom stereocenters. The fraction of sp³-hybridized carbons (Fsp3) is 0.0909. The number of nitrogens with zero attached hydrogens (tertiary/aromatic N) is 2. The SMILES string of the molecule is O=C(O)c1cnc2c([N+](=O)[O-])cccc2c1C(F)(F)F. The van der Waals surface area contributed by atoms with Crippen LogP contribution >= 0.6 is 0 Å². The first kappa shape index (κ1) is 13.7. The molecule has 0 saturated carbocycles. The minimum absolute atomic E-state index is 0.473. The van der Waals surface area contributed by atoms with Crippen molar-refractivity contribution < 1.29 is 28.0 Å². The van der Waals surface area contributed by atoms with E-state index in [1.54, 1.807) is 0 Å². The molecule has 0 saturated heterocycles. The smallest absolute Gasteiger partial charge is 0.417 e. The maximum atomic E-state index is 13.0. The Hall–Kier alpha value is -2.71. The van der Waals surface area contributed by atoms with Crippen molar-refractivity contribution in [3.05, 3.63) is 45.6 Å². The van der Waals surface area contributed by atoms with Gasteiger partial charge in [0.15, 0.2) is 0 Å². The predicted molar refractivity (Wildman–Crippen MR) is 60.4 cm³/mol. The van der Waals surface area contributed by atoms with Crippen LogP contribution < -0.4 is 0 Å². The summed E-state index contributed by atoms with van der Waals surface area (Å²) in [4.78, 5) is 24.2. The summed E-state index contributed by atoms with van der Waals surface area (Å²) in [5.74, 6) is -1.81. The number of nitro benzene ring substituents is 1. The number of pyridine rings is 1. The van der Waals surface area contributed by atoms with E-state index in [0.717, 1.165) is 18.2 Å². The lowest BCUT2D eigenvalue weighted by Crippen LogP contribution is -2.14. The summed E-state index contributed by atoms with van der Waals surface area (Å²) >= 11 is 0. The lowest BCUT2D eigenvalue weighted by molar-refractivity contribution is -0.383. The topological polar surface area (TPSA) is 93.3 Å². The van der Waals surface area contributed by atoms with Gasteiger partial charge in [-0.1, -0.05) is 12.1 Å². The molecule has 0 radical (unpaired) electrons. The van der Waals surface area contributed by atoms with E-state index in [-0.39, 0.29) is 0 Å². The second kappa shape index (κ2) is 4.44. The first-order chi connectivity index (χ1) is 9.23. The van der Waals surface area contributed by atoms with Gasteiger partial charge in [0.2, 0.25) is 0 Å². The normalized spacial score (nSPS) is 11.6. The van der Waals surface area contributed by atoms with Crippen LogP contribution in [0.2, 0.25) is 0 Å². The van der Waals surface area contributed by atoms with E-state index in [2.05, 4.69) is 4.98 Å². The Labute approximate surface area is 108 Å². The van der Waals surface area contributed by atoms with Crippen molar-refractivity contribution in [3.8, 4) is 0 Å². The van der Waals surface area contributed by atoms with Crippen LogP contribution in [0, 0.1) is 10.1 Å². The molecule has 0 aliphatic carbocycles. The molecule has 2 rings (SSSR count). The van der Waals surface area contributed by atoms with Gasteiger partial charge in [-0.2, -0.15) is 13.2 Å². The highest BCUT2D eigenvalue weighted by atomic mass is 19.4. The average molecular weight is 286 g/mol. The maximum Gasteiger partial charge on any atom is 0.417 e. The molecule has 1 N–H and O–H groups in total. The third-order valence-corrected chi connectivity index (χ3v) is 2.59. The van der Waals surface area contributed by atoms with Crippen molar-refractivity contribution in [1.29, 1.82) is 0 Å². The van der Waals surface area contributed by atoms with Gasteiger partial charge in [-0.3, -0.25) is 10.1 Å². The molecule has 0 fully saturated rings. The summed E-state index contributed by atoms with van der Waals surface area (Å²) < 4.78 is 39.0. The van der Waals surface area contributed by atoms with Crippen LogP contribution in [-0.4, -0.2) is 21.0 Å². The van der Waals surface area contributed by atoms with Crippen molar-refractivity contribution >= 4 is 22.6 Å². The third kappa shape index (κ3) is 2.13. The van der Waals surface area contributed by atoms with Crippen molar-refractivity contribution in [2.45, 2.75) is 6.18 Å². The number of rotatable bonds is 2. The molecule has 1 aromatic carbocycles. The lowest BCUT2D eigenvalue weighted by atomic mass is 10.0. The van der Waals surface area contributed by atoms with E-state index in [4.69, 9.17) is 5.11 Å². The molecule has 9 heteroatoms. The number of halogens is 3. The number of carboxylic acid groups (broad SMARTS) is 1. The molecule has 1 aromatic heterocycles. The number of non-ortho nitro benzene ring substituents is 1. The molecule has 0 spiro atoms. The summed E-state index contributed by atoms with van der Waals surface area (Å²) in [5.41, 5.74) is -3.62. The second-order valence-electron chi connectivity index (χ2n) is 3.78. The van der Waals surface area contributed by atoms with Crippen LogP contribution in [0.1, 0.15) is 15.9 Å². The molecular formula is C11H5F3N2O4. The van der Waals surface area contributed by atoms with Gasteiger partial charge in [0.05, 0.1) is 16.1 Å². The van der Waals surface area contributed by atoms with Crippen LogP contribution in [0.3, 0.4) is 0 Å². The highest BCUT2D eigenvalue weighted by molar-refractivity contribution is 5.98. The Morgan fingerprint density at radius 2 is 2.00 bits per heavy atom. The number of fused-ring (bicyclic) bond motifs is 1. The summed E-state index contributed by atoms with van der Waals surface area (Å²) in [7, 11) is 0. The Morgan fingerprint density at radius 1 is 1.35 bits per heavy atom. The molecule has 104 valence electrons. The molecule has 0 aliphatic rings. The number of benzene rings is 1. The van der Waals surface area contributed by atoms with Crippen molar-refractivity contribution in [3.63, 3.8) is 0 Å². The van der Waals surface area contributed by atoms with E-state index in [9.17, 15) is 28.1 Å². The van der Waals surface area contributed by atoms with Gasteiger partial charge in [-0.05, 0) is 0 Å². The summed E-state index contributed by atoms with van der Waals surface area (Å²) in [6.45, 7) is 0. The molecule has 20 heavy (non-hydrogen) atoms. The summed E-state index contributed by atoms with van der Waals surface area (Å²) in [6, 6.07) is 2.99. The molecule has 6 nitrogen and oxygen atoms in total. The number of aromatic carboxylic acids is 1. The molecule has 0 atom stereocenters.